The lowest BCUT2D eigenvalue weighted by atomic mass is 10.1. The molecule has 1 N–H and O–H groups in total. The van der Waals surface area contributed by atoms with Gasteiger partial charge in [-0.05, 0) is 49.5 Å². The van der Waals surface area contributed by atoms with Crippen LogP contribution in [0.25, 0.3) is 0 Å². The highest BCUT2D eigenvalue weighted by Crippen LogP contribution is 2.16. The van der Waals surface area contributed by atoms with Gasteiger partial charge in [0.1, 0.15) is 6.07 Å². The zero-order valence-electron chi connectivity index (χ0n) is 9.92. The van der Waals surface area contributed by atoms with Crippen LogP contribution in [0, 0.1) is 18.3 Å². The molecule has 0 atom stereocenters. The van der Waals surface area contributed by atoms with Crippen molar-refractivity contribution in [2.24, 2.45) is 0 Å². The van der Waals surface area contributed by atoms with Gasteiger partial charge in [0, 0.05) is 6.54 Å². The summed E-state index contributed by atoms with van der Waals surface area (Å²) in [6, 6.07) is 8.16. The van der Waals surface area contributed by atoms with E-state index in [0.717, 1.165) is 29.8 Å². The van der Waals surface area contributed by atoms with Crippen LogP contribution in [0.5, 0.6) is 0 Å². The number of hydrogen-bond donors (Lipinski definition) is 1. The third-order valence-corrected chi connectivity index (χ3v) is 3.08. The molecule has 1 aromatic rings. The summed E-state index contributed by atoms with van der Waals surface area (Å²) >= 11 is 1.88. The van der Waals surface area contributed by atoms with Gasteiger partial charge in [-0.2, -0.15) is 17.0 Å². The topological polar surface area (TPSA) is 35.8 Å². The average Bonchev–Trinajstić information content (AvgIpc) is 2.30. The number of nitriles is 1. The first kappa shape index (κ1) is 12.9. The van der Waals surface area contributed by atoms with Crippen molar-refractivity contribution in [3.8, 4) is 6.07 Å². The van der Waals surface area contributed by atoms with E-state index < -0.39 is 0 Å². The molecule has 0 bridgehead atoms. The molecule has 0 radical (unpaired) electrons. The zero-order valence-corrected chi connectivity index (χ0v) is 10.7. The van der Waals surface area contributed by atoms with Crippen molar-refractivity contribution in [2.75, 3.05) is 23.9 Å². The molecule has 0 heterocycles. The van der Waals surface area contributed by atoms with E-state index in [2.05, 4.69) is 17.6 Å². The SMILES string of the molecule is CSCCCCNc1ccc(C)cc1C#N. The third-order valence-electron chi connectivity index (χ3n) is 2.39. The summed E-state index contributed by atoms with van der Waals surface area (Å²) < 4.78 is 0. The van der Waals surface area contributed by atoms with Gasteiger partial charge in [0.2, 0.25) is 0 Å². The predicted octanol–water partition coefficient (Wildman–Crippen LogP) is 3.42. The van der Waals surface area contributed by atoms with E-state index in [4.69, 9.17) is 5.26 Å². The number of nitrogens with one attached hydrogen (secondary N) is 1. The first-order chi connectivity index (χ1) is 7.77. The standard InChI is InChI=1S/C13H18N2S/c1-11-5-6-13(12(9-11)10-14)15-7-3-4-8-16-2/h5-6,9,15H,3-4,7-8H2,1-2H3. The summed E-state index contributed by atoms with van der Waals surface area (Å²) in [7, 11) is 0. The summed E-state index contributed by atoms with van der Waals surface area (Å²) in [4.78, 5) is 0. The van der Waals surface area contributed by atoms with Gasteiger partial charge in [-0.3, -0.25) is 0 Å². The van der Waals surface area contributed by atoms with E-state index in [-0.39, 0.29) is 0 Å². The van der Waals surface area contributed by atoms with Gasteiger partial charge in [0.15, 0.2) is 0 Å². The maximum absolute atomic E-state index is 8.99. The smallest absolute Gasteiger partial charge is 0.101 e. The van der Waals surface area contributed by atoms with Crippen LogP contribution >= 0.6 is 11.8 Å². The maximum Gasteiger partial charge on any atom is 0.101 e. The fourth-order valence-electron chi connectivity index (χ4n) is 1.50. The molecule has 0 aliphatic carbocycles. The number of unbranched alkanes of at least 4 members (excludes halogenated alkanes) is 1. The van der Waals surface area contributed by atoms with Crippen LogP contribution in [-0.4, -0.2) is 18.6 Å². The predicted molar refractivity (Wildman–Crippen MR) is 72.0 cm³/mol. The molecule has 0 aliphatic rings. The van der Waals surface area contributed by atoms with E-state index in [0.29, 0.717) is 0 Å². The number of rotatable bonds is 6. The quantitative estimate of drug-likeness (QED) is 0.766. The van der Waals surface area contributed by atoms with Gasteiger partial charge in [0.05, 0.1) is 11.3 Å². The average molecular weight is 234 g/mol. The zero-order chi connectivity index (χ0) is 11.8. The minimum atomic E-state index is 0.741. The molecule has 2 nitrogen and oxygen atoms in total. The minimum Gasteiger partial charge on any atom is -0.384 e. The largest absolute Gasteiger partial charge is 0.384 e. The molecule has 3 heteroatoms. The molecule has 0 aromatic heterocycles. The summed E-state index contributed by atoms with van der Waals surface area (Å²) in [5, 5.41) is 12.3. The highest BCUT2D eigenvalue weighted by atomic mass is 32.2. The van der Waals surface area contributed by atoms with E-state index in [1.165, 1.54) is 12.2 Å². The molecule has 0 amide bonds. The number of thioether (sulfide) groups is 1. The van der Waals surface area contributed by atoms with Crippen molar-refractivity contribution in [3.63, 3.8) is 0 Å². The fraction of sp³-hybridized carbons (Fsp3) is 0.462. The van der Waals surface area contributed by atoms with Gasteiger partial charge < -0.3 is 5.32 Å². The Balaban J connectivity index is 2.45. The molecule has 86 valence electrons. The van der Waals surface area contributed by atoms with Crippen LogP contribution in [-0.2, 0) is 0 Å². The monoisotopic (exact) mass is 234 g/mol. The number of aryl methyl sites for hydroxylation is 1. The fourth-order valence-corrected chi connectivity index (χ4v) is 1.99. The van der Waals surface area contributed by atoms with Crippen molar-refractivity contribution in [2.45, 2.75) is 19.8 Å². The van der Waals surface area contributed by atoms with Crippen LogP contribution in [0.2, 0.25) is 0 Å². The summed E-state index contributed by atoms with van der Waals surface area (Å²) in [5.74, 6) is 1.21. The molecule has 0 saturated heterocycles. The summed E-state index contributed by atoms with van der Waals surface area (Å²) in [6.07, 6.45) is 4.50. The molecule has 1 rings (SSSR count). The molecule has 1 aromatic carbocycles. The first-order valence-electron chi connectivity index (χ1n) is 5.51. The van der Waals surface area contributed by atoms with Crippen LogP contribution < -0.4 is 5.32 Å². The first-order valence-corrected chi connectivity index (χ1v) is 6.91. The van der Waals surface area contributed by atoms with Gasteiger partial charge in [-0.25, -0.2) is 0 Å². The Morgan fingerprint density at radius 3 is 2.88 bits per heavy atom. The van der Waals surface area contributed by atoms with Crippen LogP contribution in [0.4, 0.5) is 5.69 Å². The van der Waals surface area contributed by atoms with Gasteiger partial charge in [-0.1, -0.05) is 6.07 Å². The lowest BCUT2D eigenvalue weighted by Gasteiger charge is -2.08. The van der Waals surface area contributed by atoms with Gasteiger partial charge in [-0.15, -0.1) is 0 Å². The summed E-state index contributed by atoms with van der Waals surface area (Å²) in [5.41, 5.74) is 2.83. The number of anilines is 1. The van der Waals surface area contributed by atoms with Crippen LogP contribution in [0.1, 0.15) is 24.0 Å². The number of nitrogens with zero attached hydrogens (tertiary/aromatic N) is 1. The van der Waals surface area contributed by atoms with Crippen molar-refractivity contribution < 1.29 is 0 Å². The van der Waals surface area contributed by atoms with E-state index in [9.17, 15) is 0 Å². The molecule has 0 unspecified atom stereocenters. The Hall–Kier alpha value is -1.14. The number of benzene rings is 1. The van der Waals surface area contributed by atoms with Gasteiger partial charge >= 0.3 is 0 Å². The van der Waals surface area contributed by atoms with Crippen molar-refractivity contribution in [1.82, 2.24) is 0 Å². The minimum absolute atomic E-state index is 0.741. The molecule has 0 fully saturated rings. The van der Waals surface area contributed by atoms with E-state index >= 15 is 0 Å². The van der Waals surface area contributed by atoms with E-state index in [1.54, 1.807) is 0 Å². The highest BCUT2D eigenvalue weighted by Gasteiger charge is 2.00. The molecule has 0 aliphatic heterocycles. The summed E-state index contributed by atoms with van der Waals surface area (Å²) in [6.45, 7) is 2.95. The molecular weight excluding hydrogens is 216 g/mol. The van der Waals surface area contributed by atoms with Crippen molar-refractivity contribution >= 4 is 17.4 Å². The maximum atomic E-state index is 8.99. The second kappa shape index (κ2) is 7.19. The second-order valence-electron chi connectivity index (χ2n) is 3.79. The Labute approximate surface area is 102 Å². The number of hydrogen-bond acceptors (Lipinski definition) is 3. The highest BCUT2D eigenvalue weighted by molar-refractivity contribution is 7.98. The molecule has 0 spiro atoms. The second-order valence-corrected chi connectivity index (χ2v) is 4.77. The Morgan fingerprint density at radius 2 is 2.19 bits per heavy atom. The van der Waals surface area contributed by atoms with Crippen molar-refractivity contribution in [3.05, 3.63) is 29.3 Å². The van der Waals surface area contributed by atoms with Gasteiger partial charge in [0.25, 0.3) is 0 Å². The molecular formula is C13H18N2S. The van der Waals surface area contributed by atoms with Crippen LogP contribution in [0.3, 0.4) is 0 Å². The lowest BCUT2D eigenvalue weighted by Crippen LogP contribution is -2.03. The Morgan fingerprint density at radius 1 is 1.38 bits per heavy atom. The lowest BCUT2D eigenvalue weighted by molar-refractivity contribution is 0.843. The van der Waals surface area contributed by atoms with E-state index in [1.807, 2.05) is 36.9 Å². The van der Waals surface area contributed by atoms with Crippen LogP contribution in [0.15, 0.2) is 18.2 Å². The third kappa shape index (κ3) is 4.16. The molecule has 0 saturated carbocycles. The Bertz CT molecular complexity index is 369. The normalized spacial score (nSPS) is 9.81. The Kier molecular flexibility index (Phi) is 5.81. The molecule has 16 heavy (non-hydrogen) atoms. The van der Waals surface area contributed by atoms with Crippen molar-refractivity contribution in [1.29, 1.82) is 5.26 Å².